The maximum absolute atomic E-state index is 11.7. The minimum absolute atomic E-state index is 0.0411. The van der Waals surface area contributed by atoms with Gasteiger partial charge in [-0.05, 0) is 41.5 Å². The largest absolute Gasteiger partial charge is 0.504 e. The van der Waals surface area contributed by atoms with E-state index in [1.807, 2.05) is 0 Å². The minimum atomic E-state index is -1.47. The first-order chi connectivity index (χ1) is 12.2. The molecule has 0 aromatic heterocycles. The van der Waals surface area contributed by atoms with Crippen molar-refractivity contribution in [3.8, 4) is 23.0 Å². The molecule has 0 radical (unpaired) electrons. The van der Waals surface area contributed by atoms with Crippen LogP contribution in [0.2, 0.25) is 0 Å². The number of hydrogen-bond donors (Lipinski definition) is 6. The van der Waals surface area contributed by atoms with E-state index in [4.69, 9.17) is 5.11 Å². The highest BCUT2D eigenvalue weighted by Crippen LogP contribution is 2.38. The van der Waals surface area contributed by atoms with E-state index in [2.05, 4.69) is 0 Å². The number of carboxylic acid groups (broad SMARTS) is 2. The van der Waals surface area contributed by atoms with Crippen LogP contribution in [0.1, 0.15) is 16.7 Å². The SMILES string of the molecule is O=C(O)C=Cc1ccc(O)c(O)c1/C(=C\c1ccc(O)c(O)c1)C(=O)O. The number of carbonyl (C=O) groups is 2. The number of rotatable bonds is 5. The molecule has 0 saturated carbocycles. The third-order valence-corrected chi connectivity index (χ3v) is 3.40. The van der Waals surface area contributed by atoms with E-state index in [9.17, 15) is 35.1 Å². The van der Waals surface area contributed by atoms with Crippen LogP contribution < -0.4 is 0 Å². The lowest BCUT2D eigenvalue weighted by Crippen LogP contribution is -2.02. The molecule has 0 saturated heterocycles. The lowest BCUT2D eigenvalue weighted by Gasteiger charge is -2.11. The van der Waals surface area contributed by atoms with Crippen molar-refractivity contribution in [1.82, 2.24) is 0 Å². The molecular weight excluding hydrogens is 344 g/mol. The molecule has 2 aromatic rings. The lowest BCUT2D eigenvalue weighted by atomic mass is 9.95. The molecule has 8 heteroatoms. The Morgan fingerprint density at radius 3 is 2.08 bits per heavy atom. The molecular formula is C18H14O8. The molecule has 8 nitrogen and oxygen atoms in total. The first-order valence-electron chi connectivity index (χ1n) is 7.14. The molecule has 2 aromatic carbocycles. The van der Waals surface area contributed by atoms with Crippen molar-refractivity contribution < 1.29 is 40.2 Å². The van der Waals surface area contributed by atoms with E-state index in [0.29, 0.717) is 0 Å². The predicted octanol–water partition coefficient (Wildman–Crippen LogP) is 2.23. The Hall–Kier alpha value is -3.94. The zero-order chi connectivity index (χ0) is 19.4. The van der Waals surface area contributed by atoms with E-state index in [1.165, 1.54) is 12.1 Å². The molecule has 0 aliphatic rings. The molecule has 26 heavy (non-hydrogen) atoms. The van der Waals surface area contributed by atoms with Gasteiger partial charge in [-0.3, -0.25) is 0 Å². The highest BCUT2D eigenvalue weighted by Gasteiger charge is 2.21. The number of aromatic hydroxyl groups is 4. The number of aliphatic carboxylic acids is 2. The first kappa shape index (κ1) is 18.4. The second kappa shape index (κ2) is 7.31. The molecule has 2 rings (SSSR count). The quantitative estimate of drug-likeness (QED) is 0.270. The summed E-state index contributed by atoms with van der Waals surface area (Å²) in [5, 5.41) is 56.9. The van der Waals surface area contributed by atoms with Gasteiger partial charge in [-0.15, -0.1) is 0 Å². The highest BCUT2D eigenvalue weighted by molar-refractivity contribution is 6.22. The van der Waals surface area contributed by atoms with E-state index in [1.54, 1.807) is 0 Å². The van der Waals surface area contributed by atoms with Crippen LogP contribution >= 0.6 is 0 Å². The van der Waals surface area contributed by atoms with Crippen molar-refractivity contribution in [2.24, 2.45) is 0 Å². The Labute approximate surface area is 146 Å². The van der Waals surface area contributed by atoms with E-state index < -0.39 is 40.5 Å². The van der Waals surface area contributed by atoms with Gasteiger partial charge in [0.05, 0.1) is 5.57 Å². The Balaban J connectivity index is 2.72. The fraction of sp³-hybridized carbons (Fsp3) is 0. The smallest absolute Gasteiger partial charge is 0.336 e. The van der Waals surface area contributed by atoms with Crippen LogP contribution in [0.25, 0.3) is 17.7 Å². The Morgan fingerprint density at radius 2 is 1.50 bits per heavy atom. The van der Waals surface area contributed by atoms with Gasteiger partial charge in [0.15, 0.2) is 23.0 Å². The molecule has 0 spiro atoms. The monoisotopic (exact) mass is 358 g/mol. The molecule has 0 atom stereocenters. The predicted molar refractivity (Wildman–Crippen MR) is 91.7 cm³/mol. The van der Waals surface area contributed by atoms with Gasteiger partial charge in [-0.2, -0.15) is 0 Å². The van der Waals surface area contributed by atoms with Gasteiger partial charge < -0.3 is 30.6 Å². The second-order valence-corrected chi connectivity index (χ2v) is 5.18. The highest BCUT2D eigenvalue weighted by atomic mass is 16.4. The number of hydrogen-bond acceptors (Lipinski definition) is 6. The molecule has 0 aliphatic carbocycles. The van der Waals surface area contributed by atoms with Crippen LogP contribution in [0.5, 0.6) is 23.0 Å². The summed E-state index contributed by atoms with van der Waals surface area (Å²) < 4.78 is 0. The standard InChI is InChI=1S/C18H14O8/c19-12-4-1-9(8-14(12)21)7-11(18(25)26)16-10(3-6-15(22)23)2-5-13(20)17(16)24/h1-8,19-21,24H,(H,22,23)(H,25,26)/b6-3?,11-7+. The van der Waals surface area contributed by atoms with Crippen molar-refractivity contribution in [2.45, 2.75) is 0 Å². The van der Waals surface area contributed by atoms with Crippen LogP contribution in [-0.4, -0.2) is 42.6 Å². The van der Waals surface area contributed by atoms with E-state index in [-0.39, 0.29) is 16.7 Å². The normalized spacial score (nSPS) is 11.6. The van der Waals surface area contributed by atoms with Gasteiger partial charge >= 0.3 is 11.9 Å². The Morgan fingerprint density at radius 1 is 0.846 bits per heavy atom. The minimum Gasteiger partial charge on any atom is -0.504 e. The zero-order valence-corrected chi connectivity index (χ0v) is 13.1. The second-order valence-electron chi connectivity index (χ2n) is 5.18. The van der Waals surface area contributed by atoms with Crippen LogP contribution in [0, 0.1) is 0 Å². The van der Waals surface area contributed by atoms with E-state index >= 15 is 0 Å². The van der Waals surface area contributed by atoms with Crippen molar-refractivity contribution >= 4 is 29.7 Å². The van der Waals surface area contributed by atoms with Crippen LogP contribution in [-0.2, 0) is 9.59 Å². The molecule has 0 unspecified atom stereocenters. The number of carboxylic acids is 2. The van der Waals surface area contributed by atoms with Gasteiger partial charge in [0.2, 0.25) is 0 Å². The molecule has 0 amide bonds. The van der Waals surface area contributed by atoms with Crippen molar-refractivity contribution in [3.05, 3.63) is 53.1 Å². The summed E-state index contributed by atoms with van der Waals surface area (Å²) in [6.45, 7) is 0. The van der Waals surface area contributed by atoms with Gasteiger partial charge in [0.1, 0.15) is 0 Å². The third-order valence-electron chi connectivity index (χ3n) is 3.40. The molecule has 0 bridgehead atoms. The number of benzene rings is 2. The van der Waals surface area contributed by atoms with Crippen molar-refractivity contribution in [2.75, 3.05) is 0 Å². The fourth-order valence-corrected chi connectivity index (χ4v) is 2.22. The molecule has 0 aliphatic heterocycles. The average Bonchev–Trinajstić information content (AvgIpc) is 2.57. The fourth-order valence-electron chi connectivity index (χ4n) is 2.22. The summed E-state index contributed by atoms with van der Waals surface area (Å²) in [6, 6.07) is 5.91. The lowest BCUT2D eigenvalue weighted by molar-refractivity contribution is -0.131. The summed E-state index contributed by atoms with van der Waals surface area (Å²) in [4.78, 5) is 22.4. The van der Waals surface area contributed by atoms with E-state index in [0.717, 1.165) is 36.4 Å². The first-order valence-corrected chi connectivity index (χ1v) is 7.14. The Kier molecular flexibility index (Phi) is 5.17. The summed E-state index contributed by atoms with van der Waals surface area (Å²) in [6.07, 6.45) is 2.91. The summed E-state index contributed by atoms with van der Waals surface area (Å²) in [5.74, 6) is -4.96. The maximum atomic E-state index is 11.7. The van der Waals surface area contributed by atoms with Gasteiger partial charge in [-0.25, -0.2) is 9.59 Å². The summed E-state index contributed by atoms with van der Waals surface area (Å²) in [5.41, 5.74) is -0.538. The summed E-state index contributed by atoms with van der Waals surface area (Å²) in [7, 11) is 0. The number of phenols is 4. The van der Waals surface area contributed by atoms with Crippen molar-refractivity contribution in [1.29, 1.82) is 0 Å². The number of phenolic OH excluding ortho intramolecular Hbond substituents is 4. The third kappa shape index (κ3) is 3.93. The average molecular weight is 358 g/mol. The maximum Gasteiger partial charge on any atom is 0.336 e. The van der Waals surface area contributed by atoms with Crippen LogP contribution in [0.3, 0.4) is 0 Å². The molecule has 0 fully saturated rings. The summed E-state index contributed by atoms with van der Waals surface area (Å²) >= 11 is 0. The Bertz CT molecular complexity index is 940. The van der Waals surface area contributed by atoms with Crippen molar-refractivity contribution in [3.63, 3.8) is 0 Å². The molecule has 0 heterocycles. The van der Waals surface area contributed by atoms with Crippen LogP contribution in [0.4, 0.5) is 0 Å². The zero-order valence-electron chi connectivity index (χ0n) is 13.1. The molecule has 6 N–H and O–H groups in total. The molecule has 134 valence electrons. The van der Waals surface area contributed by atoms with Crippen LogP contribution in [0.15, 0.2) is 36.4 Å². The van der Waals surface area contributed by atoms with Gasteiger partial charge in [0.25, 0.3) is 0 Å². The van der Waals surface area contributed by atoms with Gasteiger partial charge in [-0.1, -0.05) is 12.1 Å². The van der Waals surface area contributed by atoms with Gasteiger partial charge in [0, 0.05) is 11.6 Å². The topological polar surface area (TPSA) is 156 Å².